The number of ether oxygens (including phenoxy) is 1. The van der Waals surface area contributed by atoms with Crippen molar-refractivity contribution < 1.29 is 4.74 Å². The number of nitrogens with zero attached hydrogens (tertiary/aromatic N) is 2. The summed E-state index contributed by atoms with van der Waals surface area (Å²) in [5.74, 6) is 2.22. The molecule has 1 aromatic carbocycles. The maximum atomic E-state index is 5.81. The normalized spacial score (nSPS) is 10.3. The number of methoxy groups -OCH3 is 1. The monoisotopic (exact) mass is 276 g/mol. The van der Waals surface area contributed by atoms with Crippen LogP contribution < -0.4 is 9.64 Å². The van der Waals surface area contributed by atoms with E-state index in [4.69, 9.17) is 16.3 Å². The van der Waals surface area contributed by atoms with Gasteiger partial charge in [-0.1, -0.05) is 18.2 Å². The van der Waals surface area contributed by atoms with Gasteiger partial charge in [0.2, 0.25) is 0 Å². The van der Waals surface area contributed by atoms with Gasteiger partial charge in [0.1, 0.15) is 11.6 Å². The number of rotatable bonds is 5. The quantitative estimate of drug-likeness (QED) is 0.782. The molecule has 0 amide bonds. The first-order valence-electron chi connectivity index (χ1n) is 6.09. The minimum absolute atomic E-state index is 0.431. The van der Waals surface area contributed by atoms with Crippen molar-refractivity contribution in [3.63, 3.8) is 0 Å². The topological polar surface area (TPSA) is 25.4 Å². The Balaban J connectivity index is 2.13. The van der Waals surface area contributed by atoms with Gasteiger partial charge in [-0.3, -0.25) is 0 Å². The molecule has 0 fully saturated rings. The van der Waals surface area contributed by atoms with E-state index < -0.39 is 0 Å². The van der Waals surface area contributed by atoms with Crippen LogP contribution in [-0.4, -0.2) is 19.1 Å². The summed E-state index contributed by atoms with van der Waals surface area (Å²) in [5, 5.41) is 0. The zero-order valence-corrected chi connectivity index (χ0v) is 11.9. The number of hydrogen-bond acceptors (Lipinski definition) is 3. The first kappa shape index (κ1) is 13.7. The lowest BCUT2D eigenvalue weighted by Crippen LogP contribution is -2.18. The Morgan fingerprint density at radius 1 is 1.21 bits per heavy atom. The molecule has 19 heavy (non-hydrogen) atoms. The smallest absolute Gasteiger partial charge is 0.128 e. The van der Waals surface area contributed by atoms with E-state index in [-0.39, 0.29) is 0 Å². The highest BCUT2D eigenvalue weighted by Crippen LogP contribution is 2.17. The van der Waals surface area contributed by atoms with Crippen LogP contribution in [0.15, 0.2) is 42.5 Å². The van der Waals surface area contributed by atoms with Crippen LogP contribution >= 0.6 is 11.6 Å². The highest BCUT2D eigenvalue weighted by molar-refractivity contribution is 6.16. The molecule has 0 saturated carbocycles. The molecule has 1 aromatic heterocycles. The highest BCUT2D eigenvalue weighted by atomic mass is 35.5. The fraction of sp³-hybridized carbons (Fsp3) is 0.267. The standard InChI is InChI=1S/C15H17ClN2O/c1-18(15-8-4-6-13(10-16)17-15)11-12-5-3-7-14(9-12)19-2/h3-9H,10-11H2,1-2H3. The molecule has 0 aliphatic carbocycles. The van der Waals surface area contributed by atoms with E-state index in [9.17, 15) is 0 Å². The first-order chi connectivity index (χ1) is 9.22. The van der Waals surface area contributed by atoms with Crippen LogP contribution in [0.3, 0.4) is 0 Å². The minimum atomic E-state index is 0.431. The second-order valence-corrected chi connectivity index (χ2v) is 4.60. The van der Waals surface area contributed by atoms with Gasteiger partial charge in [0, 0.05) is 13.6 Å². The second-order valence-electron chi connectivity index (χ2n) is 4.33. The zero-order chi connectivity index (χ0) is 13.7. The largest absolute Gasteiger partial charge is 0.497 e. The van der Waals surface area contributed by atoms with E-state index in [1.165, 1.54) is 5.56 Å². The molecule has 2 aromatic rings. The minimum Gasteiger partial charge on any atom is -0.497 e. The molecule has 0 saturated heterocycles. The fourth-order valence-electron chi connectivity index (χ4n) is 1.88. The Morgan fingerprint density at radius 2 is 2.00 bits per heavy atom. The molecule has 0 N–H and O–H groups in total. The number of benzene rings is 1. The van der Waals surface area contributed by atoms with Gasteiger partial charge in [0.15, 0.2) is 0 Å². The van der Waals surface area contributed by atoms with Crippen LogP contribution in [0.1, 0.15) is 11.3 Å². The van der Waals surface area contributed by atoms with Crippen LogP contribution in [0.4, 0.5) is 5.82 Å². The Morgan fingerprint density at radius 3 is 2.74 bits per heavy atom. The number of anilines is 1. The number of halogens is 1. The summed E-state index contributed by atoms with van der Waals surface area (Å²) < 4.78 is 5.23. The molecule has 4 heteroatoms. The average molecular weight is 277 g/mol. The average Bonchev–Trinajstić information content (AvgIpc) is 2.47. The predicted octanol–water partition coefficient (Wildman–Crippen LogP) is 3.47. The number of aromatic nitrogens is 1. The molecule has 0 spiro atoms. The van der Waals surface area contributed by atoms with Gasteiger partial charge in [-0.15, -0.1) is 11.6 Å². The molecular formula is C15H17ClN2O. The summed E-state index contributed by atoms with van der Waals surface area (Å²) in [7, 11) is 3.69. The second kappa shape index (κ2) is 6.43. The van der Waals surface area contributed by atoms with Gasteiger partial charge in [0.25, 0.3) is 0 Å². The van der Waals surface area contributed by atoms with E-state index in [2.05, 4.69) is 16.0 Å². The van der Waals surface area contributed by atoms with Gasteiger partial charge in [-0.05, 0) is 29.8 Å². The van der Waals surface area contributed by atoms with Gasteiger partial charge >= 0.3 is 0 Å². The summed E-state index contributed by atoms with van der Waals surface area (Å²) >= 11 is 5.81. The van der Waals surface area contributed by atoms with Crippen molar-refractivity contribution in [2.75, 3.05) is 19.1 Å². The molecule has 0 atom stereocenters. The molecule has 1 heterocycles. The van der Waals surface area contributed by atoms with E-state index in [1.54, 1.807) is 7.11 Å². The molecule has 3 nitrogen and oxygen atoms in total. The van der Waals surface area contributed by atoms with Gasteiger partial charge in [0.05, 0.1) is 18.7 Å². The van der Waals surface area contributed by atoms with Crippen LogP contribution in [0, 0.1) is 0 Å². The fourth-order valence-corrected chi connectivity index (χ4v) is 2.03. The molecule has 100 valence electrons. The lowest BCUT2D eigenvalue weighted by molar-refractivity contribution is 0.414. The maximum Gasteiger partial charge on any atom is 0.128 e. The Labute approximate surface area is 118 Å². The summed E-state index contributed by atoms with van der Waals surface area (Å²) in [6, 6.07) is 13.9. The number of pyridine rings is 1. The third-order valence-corrected chi connectivity index (χ3v) is 3.15. The van der Waals surface area contributed by atoms with Gasteiger partial charge < -0.3 is 9.64 Å². The van der Waals surface area contributed by atoms with Crippen LogP contribution in [0.2, 0.25) is 0 Å². The van der Waals surface area contributed by atoms with Crippen molar-refractivity contribution in [2.45, 2.75) is 12.4 Å². The van der Waals surface area contributed by atoms with E-state index >= 15 is 0 Å². The molecule has 0 radical (unpaired) electrons. The third-order valence-electron chi connectivity index (χ3n) is 2.87. The Bertz CT molecular complexity index is 545. The summed E-state index contributed by atoms with van der Waals surface area (Å²) in [4.78, 5) is 6.58. The maximum absolute atomic E-state index is 5.81. The SMILES string of the molecule is COc1cccc(CN(C)c2cccc(CCl)n2)c1. The van der Waals surface area contributed by atoms with Crippen LogP contribution in [0.5, 0.6) is 5.75 Å². The first-order valence-corrected chi connectivity index (χ1v) is 6.62. The molecule has 0 aliphatic rings. The zero-order valence-electron chi connectivity index (χ0n) is 11.1. The molecule has 0 aliphatic heterocycles. The van der Waals surface area contributed by atoms with Crippen molar-refractivity contribution in [1.29, 1.82) is 0 Å². The van der Waals surface area contributed by atoms with Crippen molar-refractivity contribution in [3.8, 4) is 5.75 Å². The van der Waals surface area contributed by atoms with Crippen molar-refractivity contribution in [2.24, 2.45) is 0 Å². The third kappa shape index (κ3) is 3.61. The molecule has 0 unspecified atom stereocenters. The molecule has 0 bridgehead atoms. The molecular weight excluding hydrogens is 260 g/mol. The molecule has 2 rings (SSSR count). The summed E-state index contributed by atoms with van der Waals surface area (Å²) in [5.41, 5.74) is 2.07. The summed E-state index contributed by atoms with van der Waals surface area (Å²) in [6.45, 7) is 0.774. The van der Waals surface area contributed by atoms with E-state index in [0.29, 0.717) is 5.88 Å². The van der Waals surface area contributed by atoms with Crippen molar-refractivity contribution in [1.82, 2.24) is 4.98 Å². The lowest BCUT2D eigenvalue weighted by atomic mass is 10.2. The Kier molecular flexibility index (Phi) is 4.63. The van der Waals surface area contributed by atoms with Crippen molar-refractivity contribution in [3.05, 3.63) is 53.7 Å². The van der Waals surface area contributed by atoms with E-state index in [0.717, 1.165) is 23.8 Å². The lowest BCUT2D eigenvalue weighted by Gasteiger charge is -2.19. The predicted molar refractivity (Wildman–Crippen MR) is 78.9 cm³/mol. The van der Waals surface area contributed by atoms with Crippen LogP contribution in [-0.2, 0) is 12.4 Å². The van der Waals surface area contributed by atoms with Gasteiger partial charge in [-0.2, -0.15) is 0 Å². The van der Waals surface area contributed by atoms with Gasteiger partial charge in [-0.25, -0.2) is 4.98 Å². The highest BCUT2D eigenvalue weighted by Gasteiger charge is 2.05. The number of alkyl halides is 1. The van der Waals surface area contributed by atoms with Crippen molar-refractivity contribution >= 4 is 17.4 Å². The summed E-state index contributed by atoms with van der Waals surface area (Å²) in [6.07, 6.45) is 0. The van der Waals surface area contributed by atoms with E-state index in [1.807, 2.05) is 43.4 Å². The number of hydrogen-bond donors (Lipinski definition) is 0. The van der Waals surface area contributed by atoms with Crippen LogP contribution in [0.25, 0.3) is 0 Å². The Hall–Kier alpha value is -1.74.